The highest BCUT2D eigenvalue weighted by molar-refractivity contribution is 5.90. The third kappa shape index (κ3) is 3.47. The quantitative estimate of drug-likeness (QED) is 0.654. The van der Waals surface area contributed by atoms with E-state index in [1.165, 1.54) is 29.2 Å². The lowest BCUT2D eigenvalue weighted by atomic mass is 10.0. The molecule has 1 saturated heterocycles. The molecule has 0 aliphatic carbocycles. The van der Waals surface area contributed by atoms with Gasteiger partial charge in [-0.25, -0.2) is 14.4 Å². The highest BCUT2D eigenvalue weighted by atomic mass is 19.1. The van der Waals surface area contributed by atoms with Gasteiger partial charge in [0.2, 0.25) is 0 Å². The standard InChI is InChI=1S/C17H18FN3O4/c1-21(23,24)13-4-2-3-11(7-13)15-6-5-12(8-16(15)18)20-10-14(9-19)25-17(20)22/h2-8,14,23H,9-10,19H2,1H3/t14-/m0/s1. The summed E-state index contributed by atoms with van der Waals surface area (Å²) < 4.78 is 19.6. The van der Waals surface area contributed by atoms with Crippen molar-refractivity contribution in [2.24, 2.45) is 5.73 Å². The van der Waals surface area contributed by atoms with Gasteiger partial charge in [0.05, 0.1) is 12.2 Å². The van der Waals surface area contributed by atoms with Crippen molar-refractivity contribution in [3.63, 3.8) is 0 Å². The predicted molar refractivity (Wildman–Crippen MR) is 91.4 cm³/mol. The van der Waals surface area contributed by atoms with Gasteiger partial charge >= 0.3 is 6.09 Å². The molecule has 0 aromatic heterocycles. The second kappa shape index (κ2) is 6.41. The number of quaternary nitrogens is 1. The summed E-state index contributed by atoms with van der Waals surface area (Å²) in [6.45, 7) is 0.461. The number of nitrogens with zero attached hydrogens (tertiary/aromatic N) is 2. The van der Waals surface area contributed by atoms with E-state index in [0.717, 1.165) is 7.05 Å². The number of anilines is 1. The molecule has 2 aromatic carbocycles. The van der Waals surface area contributed by atoms with Crippen LogP contribution in [0.25, 0.3) is 11.1 Å². The summed E-state index contributed by atoms with van der Waals surface area (Å²) in [4.78, 5) is 11.5. The number of cyclic esters (lactones) is 1. The van der Waals surface area contributed by atoms with Crippen LogP contribution in [0.4, 0.5) is 20.6 Å². The maximum Gasteiger partial charge on any atom is 0.414 e. The predicted octanol–water partition coefficient (Wildman–Crippen LogP) is 2.60. The van der Waals surface area contributed by atoms with Gasteiger partial charge in [-0.1, -0.05) is 12.1 Å². The van der Waals surface area contributed by atoms with Gasteiger partial charge in [0.1, 0.15) is 19.0 Å². The summed E-state index contributed by atoms with van der Waals surface area (Å²) in [6, 6.07) is 10.4. The Morgan fingerprint density at radius 3 is 2.76 bits per heavy atom. The maximum atomic E-state index is 14.6. The first-order valence-corrected chi connectivity index (χ1v) is 7.68. The first kappa shape index (κ1) is 17.3. The van der Waals surface area contributed by atoms with Gasteiger partial charge in [0.25, 0.3) is 0 Å². The highest BCUT2D eigenvalue weighted by Gasteiger charge is 2.31. The third-order valence-corrected chi connectivity index (χ3v) is 4.04. The van der Waals surface area contributed by atoms with Crippen molar-refractivity contribution in [2.45, 2.75) is 6.10 Å². The van der Waals surface area contributed by atoms with E-state index in [0.29, 0.717) is 11.3 Å². The van der Waals surface area contributed by atoms with E-state index in [9.17, 15) is 19.6 Å². The largest absolute Gasteiger partial charge is 0.593 e. The molecule has 3 rings (SSSR count). The zero-order valence-electron chi connectivity index (χ0n) is 13.6. The molecule has 1 amide bonds. The molecule has 8 heteroatoms. The van der Waals surface area contributed by atoms with Crippen LogP contribution in [0, 0.1) is 11.0 Å². The van der Waals surface area contributed by atoms with Gasteiger partial charge in [-0.2, -0.15) is 4.81 Å². The molecule has 132 valence electrons. The van der Waals surface area contributed by atoms with Crippen LogP contribution < -0.4 is 15.4 Å². The second-order valence-corrected chi connectivity index (χ2v) is 5.95. The van der Waals surface area contributed by atoms with Crippen molar-refractivity contribution in [2.75, 3.05) is 25.0 Å². The third-order valence-electron chi connectivity index (χ3n) is 4.04. The zero-order chi connectivity index (χ0) is 18.2. The number of carbonyl (C=O) groups is 1. The Morgan fingerprint density at radius 2 is 2.16 bits per heavy atom. The Balaban J connectivity index is 1.92. The summed E-state index contributed by atoms with van der Waals surface area (Å²) >= 11 is 0. The van der Waals surface area contributed by atoms with Crippen molar-refractivity contribution >= 4 is 17.5 Å². The molecule has 7 nitrogen and oxygen atoms in total. The molecule has 1 aliphatic rings. The molecule has 25 heavy (non-hydrogen) atoms. The lowest BCUT2D eigenvalue weighted by Gasteiger charge is -2.28. The number of halogens is 1. The highest BCUT2D eigenvalue weighted by Crippen LogP contribution is 2.31. The van der Waals surface area contributed by atoms with Crippen LogP contribution in [0.1, 0.15) is 0 Å². The minimum Gasteiger partial charge on any atom is -0.593 e. The summed E-state index contributed by atoms with van der Waals surface area (Å²) in [5.41, 5.74) is 6.63. The van der Waals surface area contributed by atoms with Gasteiger partial charge in [-0.05, 0) is 23.8 Å². The van der Waals surface area contributed by atoms with Crippen LogP contribution >= 0.6 is 0 Å². The molecule has 0 bridgehead atoms. The smallest absolute Gasteiger partial charge is 0.414 e. The first-order valence-electron chi connectivity index (χ1n) is 7.68. The molecule has 1 heterocycles. The normalized spacial score (nSPS) is 19.6. The van der Waals surface area contributed by atoms with Gasteiger partial charge in [0, 0.05) is 24.2 Å². The van der Waals surface area contributed by atoms with E-state index in [2.05, 4.69) is 0 Å². The van der Waals surface area contributed by atoms with Crippen molar-refractivity contribution in [1.82, 2.24) is 4.81 Å². The average molecular weight is 347 g/mol. The summed E-state index contributed by atoms with van der Waals surface area (Å²) in [5, 5.41) is 21.1. The minimum absolute atomic E-state index is 0.0786. The van der Waals surface area contributed by atoms with Crippen molar-refractivity contribution in [1.29, 1.82) is 0 Å². The maximum absolute atomic E-state index is 14.6. The van der Waals surface area contributed by atoms with Crippen LogP contribution in [0.5, 0.6) is 0 Å². The Bertz CT molecular complexity index is 807. The number of nitrogens with two attached hydrogens (primary N) is 1. The van der Waals surface area contributed by atoms with Gasteiger partial charge < -0.3 is 15.7 Å². The minimum atomic E-state index is -1.60. The molecule has 0 saturated carbocycles. The van der Waals surface area contributed by atoms with Crippen LogP contribution in [0.3, 0.4) is 0 Å². The second-order valence-electron chi connectivity index (χ2n) is 5.95. The molecule has 0 spiro atoms. The Kier molecular flexibility index (Phi) is 4.44. The molecular weight excluding hydrogens is 329 g/mol. The van der Waals surface area contributed by atoms with Crippen LogP contribution in [-0.4, -0.2) is 37.5 Å². The van der Waals surface area contributed by atoms with E-state index in [1.807, 2.05) is 0 Å². The summed E-state index contributed by atoms with van der Waals surface area (Å²) in [6.07, 6.45) is -0.978. The number of carbonyl (C=O) groups excluding carboxylic acids is 1. The number of hydroxylamine groups is 2. The Hall–Kier alpha value is -2.52. The van der Waals surface area contributed by atoms with Crippen LogP contribution in [-0.2, 0) is 4.74 Å². The number of amides is 1. The van der Waals surface area contributed by atoms with Crippen molar-refractivity contribution in [3.8, 4) is 11.1 Å². The number of hydrogen-bond donors (Lipinski definition) is 2. The topological polar surface area (TPSA) is 98.8 Å². The molecular formula is C17H18FN3O4. The van der Waals surface area contributed by atoms with E-state index >= 15 is 0 Å². The molecule has 2 atom stereocenters. The zero-order valence-corrected chi connectivity index (χ0v) is 13.6. The van der Waals surface area contributed by atoms with Gasteiger partial charge in [0.15, 0.2) is 5.69 Å². The lowest BCUT2D eigenvalue weighted by Crippen LogP contribution is -2.33. The van der Waals surface area contributed by atoms with E-state index in [-0.39, 0.29) is 24.3 Å². The SMILES string of the molecule is C[N+]([O-])(O)c1cccc(-c2ccc(N3C[C@H](CN)OC3=O)cc2F)c1. The molecule has 2 aromatic rings. The number of ether oxygens (including phenoxy) is 1. The van der Waals surface area contributed by atoms with Crippen LogP contribution in [0.15, 0.2) is 42.5 Å². The van der Waals surface area contributed by atoms with Gasteiger partial charge in [-0.15, -0.1) is 0 Å². The molecule has 1 unspecified atom stereocenters. The Morgan fingerprint density at radius 1 is 1.40 bits per heavy atom. The van der Waals surface area contributed by atoms with E-state index in [1.54, 1.807) is 18.2 Å². The summed E-state index contributed by atoms with van der Waals surface area (Å²) in [5.74, 6) is -0.559. The summed E-state index contributed by atoms with van der Waals surface area (Å²) in [7, 11) is 1.06. The number of benzene rings is 2. The average Bonchev–Trinajstić information content (AvgIpc) is 2.95. The first-order chi connectivity index (χ1) is 11.8. The van der Waals surface area contributed by atoms with E-state index in [4.69, 9.17) is 10.5 Å². The monoisotopic (exact) mass is 347 g/mol. The number of hydrogen-bond acceptors (Lipinski definition) is 5. The molecule has 1 aliphatic heterocycles. The molecule has 0 radical (unpaired) electrons. The van der Waals surface area contributed by atoms with Gasteiger partial charge in [-0.3, -0.25) is 4.90 Å². The fourth-order valence-corrected chi connectivity index (χ4v) is 2.69. The fourth-order valence-electron chi connectivity index (χ4n) is 2.69. The molecule has 3 N–H and O–H groups in total. The lowest BCUT2D eigenvalue weighted by molar-refractivity contribution is -0.00437. The van der Waals surface area contributed by atoms with Crippen molar-refractivity contribution in [3.05, 3.63) is 53.5 Å². The van der Waals surface area contributed by atoms with E-state index < -0.39 is 22.8 Å². The Labute approximate surface area is 143 Å². The van der Waals surface area contributed by atoms with Crippen LogP contribution in [0.2, 0.25) is 0 Å². The fraction of sp³-hybridized carbons (Fsp3) is 0.235. The van der Waals surface area contributed by atoms with Crippen molar-refractivity contribution < 1.29 is 19.1 Å². The number of rotatable bonds is 4. The molecule has 1 fully saturated rings.